The normalized spacial score (nSPS) is 22.4. The van der Waals surface area contributed by atoms with Crippen molar-refractivity contribution in [2.75, 3.05) is 56.2 Å². The zero-order chi connectivity index (χ0) is 30.9. The number of carbonyl (C=O) groups excluding carboxylic acids is 4. The van der Waals surface area contributed by atoms with Gasteiger partial charge in [-0.15, -0.1) is 0 Å². The molecule has 3 unspecified atom stereocenters. The molecule has 0 aromatic heterocycles. The molecule has 2 N–H and O–H groups in total. The summed E-state index contributed by atoms with van der Waals surface area (Å²) >= 11 is 0. The summed E-state index contributed by atoms with van der Waals surface area (Å²) in [6, 6.07) is 6.83. The lowest BCUT2D eigenvalue weighted by molar-refractivity contribution is -0.142. The lowest BCUT2D eigenvalue weighted by Gasteiger charge is -2.41. The number of ether oxygens (including phenoxy) is 2. The first-order valence-electron chi connectivity index (χ1n) is 15.3. The third-order valence-electron chi connectivity index (χ3n) is 8.13. The fraction of sp³-hybridized carbons (Fsp3) is 0.613. The van der Waals surface area contributed by atoms with Crippen LogP contribution >= 0.6 is 0 Å². The molecule has 1 aromatic carbocycles. The number of nitrogens with one attached hydrogen (secondary N) is 2. The maximum Gasteiger partial charge on any atom is 0.409 e. The van der Waals surface area contributed by atoms with Gasteiger partial charge in [0.05, 0.1) is 18.0 Å². The number of hydrogen-bond donors (Lipinski definition) is 2. The average Bonchev–Trinajstić information content (AvgIpc) is 3.52. The number of urea groups is 1. The molecule has 3 aliphatic heterocycles. The van der Waals surface area contributed by atoms with E-state index in [-0.39, 0.29) is 42.8 Å². The fourth-order valence-electron chi connectivity index (χ4n) is 5.97. The second kappa shape index (κ2) is 15.1. The van der Waals surface area contributed by atoms with Crippen LogP contribution in [-0.2, 0) is 19.1 Å². The third kappa shape index (κ3) is 8.40. The number of piperidine rings is 1. The van der Waals surface area contributed by atoms with Crippen LogP contribution in [0.2, 0.25) is 0 Å². The Labute approximate surface area is 254 Å². The van der Waals surface area contributed by atoms with Crippen LogP contribution in [0, 0.1) is 0 Å². The standard InChI is InChI=1S/C31H46N6O6/c1-22(2)32-26-9-5-6-10-27(26)37(21-38)30(40)33-25-19-23(3)36(24(4)20-25)12-8-18-43-31(41)35-15-13-34(14-16-35)29(39)28-11-7-17-42-28/h5-6,9-10,21-22,24-25,28,32H,3,7-8,11-20H2,1-2,4H3,(H,33,40). The molecule has 3 atom stereocenters. The molecule has 0 spiro atoms. The van der Waals surface area contributed by atoms with Gasteiger partial charge in [0.25, 0.3) is 5.91 Å². The van der Waals surface area contributed by atoms with E-state index in [1.165, 1.54) is 0 Å². The molecule has 12 heteroatoms. The van der Waals surface area contributed by atoms with Crippen molar-refractivity contribution in [3.05, 3.63) is 36.5 Å². The molecule has 3 heterocycles. The highest BCUT2D eigenvalue weighted by atomic mass is 16.6. The van der Waals surface area contributed by atoms with Gasteiger partial charge in [-0.05, 0) is 58.6 Å². The number of benzene rings is 1. The minimum atomic E-state index is -0.476. The highest BCUT2D eigenvalue weighted by molar-refractivity contribution is 6.08. The molecular weight excluding hydrogens is 552 g/mol. The van der Waals surface area contributed by atoms with Gasteiger partial charge in [0.1, 0.15) is 6.10 Å². The van der Waals surface area contributed by atoms with E-state index in [0.29, 0.717) is 76.4 Å². The van der Waals surface area contributed by atoms with Crippen molar-refractivity contribution in [1.29, 1.82) is 0 Å². The largest absolute Gasteiger partial charge is 0.449 e. The summed E-state index contributed by atoms with van der Waals surface area (Å²) in [6.45, 7) is 13.8. The van der Waals surface area contributed by atoms with Gasteiger partial charge in [-0.1, -0.05) is 18.7 Å². The Hall–Kier alpha value is -3.80. The Balaban J connectivity index is 1.18. The van der Waals surface area contributed by atoms with Gasteiger partial charge >= 0.3 is 12.1 Å². The highest BCUT2D eigenvalue weighted by Gasteiger charge is 2.32. The number of likely N-dealkylation sites (tertiary alicyclic amines) is 1. The molecule has 0 aliphatic carbocycles. The molecule has 0 radical (unpaired) electrons. The average molecular weight is 599 g/mol. The lowest BCUT2D eigenvalue weighted by Crippen LogP contribution is -2.53. The zero-order valence-electron chi connectivity index (χ0n) is 25.6. The van der Waals surface area contributed by atoms with Crippen LogP contribution in [0.4, 0.5) is 21.0 Å². The predicted molar refractivity (Wildman–Crippen MR) is 164 cm³/mol. The van der Waals surface area contributed by atoms with Crippen LogP contribution < -0.4 is 15.5 Å². The molecule has 236 valence electrons. The third-order valence-corrected chi connectivity index (χ3v) is 8.13. The summed E-state index contributed by atoms with van der Waals surface area (Å²) in [4.78, 5) is 56.9. The van der Waals surface area contributed by atoms with Crippen molar-refractivity contribution in [1.82, 2.24) is 20.0 Å². The van der Waals surface area contributed by atoms with E-state index in [4.69, 9.17) is 9.47 Å². The van der Waals surface area contributed by atoms with Crippen LogP contribution in [0.5, 0.6) is 0 Å². The van der Waals surface area contributed by atoms with Crippen LogP contribution in [-0.4, -0.2) is 109 Å². The number of imide groups is 1. The van der Waals surface area contributed by atoms with E-state index in [9.17, 15) is 19.2 Å². The number of hydrogen-bond acceptors (Lipinski definition) is 8. The minimum Gasteiger partial charge on any atom is -0.449 e. The van der Waals surface area contributed by atoms with Gasteiger partial charge in [-0.3, -0.25) is 9.59 Å². The summed E-state index contributed by atoms with van der Waals surface area (Å²) < 4.78 is 11.0. The summed E-state index contributed by atoms with van der Waals surface area (Å²) in [7, 11) is 0. The van der Waals surface area contributed by atoms with Crippen molar-refractivity contribution < 1.29 is 28.7 Å². The first kappa shape index (κ1) is 32.1. The van der Waals surface area contributed by atoms with E-state index in [2.05, 4.69) is 29.0 Å². The van der Waals surface area contributed by atoms with Crippen LogP contribution in [0.25, 0.3) is 0 Å². The minimum absolute atomic E-state index is 0.0218. The predicted octanol–water partition coefficient (Wildman–Crippen LogP) is 3.40. The van der Waals surface area contributed by atoms with E-state index < -0.39 is 6.03 Å². The molecule has 0 bridgehead atoms. The fourth-order valence-corrected chi connectivity index (χ4v) is 5.97. The number of carbonyl (C=O) groups is 4. The first-order chi connectivity index (χ1) is 20.7. The zero-order valence-corrected chi connectivity index (χ0v) is 25.6. The van der Waals surface area contributed by atoms with Gasteiger partial charge in [-0.2, -0.15) is 0 Å². The van der Waals surface area contributed by atoms with E-state index >= 15 is 0 Å². The van der Waals surface area contributed by atoms with Crippen LogP contribution in [0.15, 0.2) is 36.5 Å². The first-order valence-corrected chi connectivity index (χ1v) is 15.3. The summed E-state index contributed by atoms with van der Waals surface area (Å²) in [5.74, 6) is 0.0218. The van der Waals surface area contributed by atoms with Gasteiger partial charge in [-0.25, -0.2) is 14.5 Å². The Bertz CT molecular complexity index is 1150. The van der Waals surface area contributed by atoms with E-state index in [1.807, 2.05) is 26.0 Å². The number of nitrogens with zero attached hydrogens (tertiary/aromatic N) is 4. The van der Waals surface area contributed by atoms with Gasteiger partial charge in [0.2, 0.25) is 6.41 Å². The van der Waals surface area contributed by atoms with Crippen molar-refractivity contribution in [2.24, 2.45) is 0 Å². The maximum atomic E-state index is 13.1. The summed E-state index contributed by atoms with van der Waals surface area (Å²) in [5.41, 5.74) is 2.10. The number of anilines is 2. The van der Waals surface area contributed by atoms with Gasteiger partial charge < -0.3 is 34.8 Å². The highest BCUT2D eigenvalue weighted by Crippen LogP contribution is 2.28. The Morgan fingerprint density at radius 2 is 1.88 bits per heavy atom. The molecule has 0 saturated carbocycles. The van der Waals surface area contributed by atoms with Crippen LogP contribution in [0.1, 0.15) is 52.9 Å². The van der Waals surface area contributed by atoms with Gasteiger partial charge in [0.15, 0.2) is 0 Å². The molecule has 5 amide bonds. The summed E-state index contributed by atoms with van der Waals surface area (Å²) in [5, 5.41) is 6.29. The number of amides is 5. The Morgan fingerprint density at radius 3 is 2.53 bits per heavy atom. The van der Waals surface area contributed by atoms with E-state index in [1.54, 1.807) is 21.9 Å². The molecular formula is C31H46N6O6. The Kier molecular flexibility index (Phi) is 11.3. The number of piperazine rings is 1. The van der Waals surface area contributed by atoms with Crippen molar-refractivity contribution >= 4 is 35.8 Å². The molecule has 3 aliphatic rings. The monoisotopic (exact) mass is 598 g/mol. The molecule has 12 nitrogen and oxygen atoms in total. The molecule has 3 saturated heterocycles. The van der Waals surface area contributed by atoms with E-state index in [0.717, 1.165) is 23.4 Å². The molecule has 1 aromatic rings. The van der Waals surface area contributed by atoms with Crippen LogP contribution in [0.3, 0.4) is 0 Å². The quantitative estimate of drug-likeness (QED) is 0.310. The Morgan fingerprint density at radius 1 is 1.16 bits per heavy atom. The van der Waals surface area contributed by atoms with Crippen molar-refractivity contribution in [3.8, 4) is 0 Å². The molecule has 43 heavy (non-hydrogen) atoms. The summed E-state index contributed by atoms with van der Waals surface area (Å²) in [6.07, 6.45) is 3.41. The smallest absolute Gasteiger partial charge is 0.409 e. The lowest BCUT2D eigenvalue weighted by atomic mass is 9.95. The van der Waals surface area contributed by atoms with Crippen molar-refractivity contribution in [2.45, 2.75) is 77.1 Å². The number of rotatable bonds is 10. The SMILES string of the molecule is C=C1CC(NC(=O)N(C=O)c2ccccc2NC(C)C)CC(C)N1CCCOC(=O)N1CCN(C(=O)C2CCCO2)CC1. The van der Waals surface area contributed by atoms with Gasteiger partial charge in [0, 0.05) is 69.6 Å². The number of para-hydroxylation sites is 2. The van der Waals surface area contributed by atoms with Crippen molar-refractivity contribution in [3.63, 3.8) is 0 Å². The molecule has 4 rings (SSSR count). The topological polar surface area (TPSA) is 124 Å². The maximum absolute atomic E-state index is 13.1. The second-order valence-corrected chi connectivity index (χ2v) is 11.8. The second-order valence-electron chi connectivity index (χ2n) is 11.8. The molecule has 3 fully saturated rings.